The fraction of sp³-hybridized carbons (Fsp3) is 0.458. The highest BCUT2D eigenvalue weighted by Gasteiger charge is 2.30. The van der Waals surface area contributed by atoms with E-state index in [2.05, 4.69) is 10.3 Å². The van der Waals surface area contributed by atoms with Crippen LogP contribution in [0, 0.1) is 5.92 Å². The van der Waals surface area contributed by atoms with Gasteiger partial charge in [0.25, 0.3) is 0 Å². The van der Waals surface area contributed by atoms with E-state index >= 15 is 0 Å². The summed E-state index contributed by atoms with van der Waals surface area (Å²) in [6, 6.07) is 8.05. The van der Waals surface area contributed by atoms with Gasteiger partial charge >= 0.3 is 6.03 Å². The molecule has 1 aliphatic carbocycles. The number of aromatic amines is 1. The van der Waals surface area contributed by atoms with Crippen molar-refractivity contribution in [1.82, 2.24) is 19.8 Å². The predicted molar refractivity (Wildman–Crippen MR) is 128 cm³/mol. The number of amides is 3. The van der Waals surface area contributed by atoms with Crippen molar-refractivity contribution in [3.63, 3.8) is 0 Å². The summed E-state index contributed by atoms with van der Waals surface area (Å²) >= 11 is 1.71. The molecule has 0 unspecified atom stereocenters. The van der Waals surface area contributed by atoms with E-state index in [1.807, 2.05) is 29.2 Å². The quantitative estimate of drug-likeness (QED) is 0.615. The Hall–Kier alpha value is -2.87. The normalized spacial score (nSPS) is 16.8. The number of imidazole rings is 1. The van der Waals surface area contributed by atoms with E-state index in [0.29, 0.717) is 25.9 Å². The molecule has 168 valence electrons. The molecule has 3 aromatic rings. The number of nitrogens with zero attached hydrogens (tertiary/aromatic N) is 3. The van der Waals surface area contributed by atoms with Crippen LogP contribution < -0.4 is 5.32 Å². The topological polar surface area (TPSA) is 81.3 Å². The number of piperidine rings is 1. The van der Waals surface area contributed by atoms with E-state index in [0.717, 1.165) is 40.3 Å². The van der Waals surface area contributed by atoms with Gasteiger partial charge in [0.05, 0.1) is 16.6 Å². The molecule has 1 saturated heterocycles. The van der Waals surface area contributed by atoms with Crippen LogP contribution in [-0.4, -0.2) is 58.9 Å². The number of nitrogens with one attached hydrogen (secondary N) is 2. The molecule has 0 saturated carbocycles. The highest BCUT2D eigenvalue weighted by Crippen LogP contribution is 2.44. The number of carbonyl (C=O) groups is 2. The molecule has 1 aliphatic heterocycles. The zero-order valence-electron chi connectivity index (χ0n) is 18.6. The third-order valence-corrected chi connectivity index (χ3v) is 7.76. The van der Waals surface area contributed by atoms with Crippen LogP contribution in [-0.2, 0) is 17.6 Å². The molecule has 7 nitrogen and oxygen atoms in total. The molecule has 1 fully saturated rings. The molecular weight excluding hydrogens is 422 g/mol. The van der Waals surface area contributed by atoms with Gasteiger partial charge in [0, 0.05) is 38.0 Å². The van der Waals surface area contributed by atoms with Crippen LogP contribution in [0.15, 0.2) is 24.3 Å². The first-order valence-corrected chi connectivity index (χ1v) is 12.2. The van der Waals surface area contributed by atoms with Crippen LogP contribution in [0.2, 0.25) is 0 Å². The van der Waals surface area contributed by atoms with Gasteiger partial charge in [-0.15, -0.1) is 11.3 Å². The van der Waals surface area contributed by atoms with Crippen molar-refractivity contribution in [1.29, 1.82) is 0 Å². The number of rotatable bonds is 3. The van der Waals surface area contributed by atoms with Gasteiger partial charge in [-0.05, 0) is 56.2 Å². The summed E-state index contributed by atoms with van der Waals surface area (Å²) in [7, 11) is 3.53. The molecule has 1 aromatic carbocycles. The Kier molecular flexibility index (Phi) is 5.63. The maximum absolute atomic E-state index is 13.2. The molecule has 8 heteroatoms. The van der Waals surface area contributed by atoms with Gasteiger partial charge in [-0.1, -0.05) is 12.1 Å². The van der Waals surface area contributed by atoms with E-state index in [4.69, 9.17) is 4.98 Å². The van der Waals surface area contributed by atoms with Crippen molar-refractivity contribution < 1.29 is 9.59 Å². The molecule has 2 aromatic heterocycles. The van der Waals surface area contributed by atoms with E-state index < -0.39 is 0 Å². The zero-order chi connectivity index (χ0) is 22.2. The highest BCUT2D eigenvalue weighted by molar-refractivity contribution is 7.17. The number of H-pyrrole nitrogens is 1. The van der Waals surface area contributed by atoms with Crippen LogP contribution in [0.1, 0.15) is 36.1 Å². The highest BCUT2D eigenvalue weighted by atomic mass is 32.1. The number of hydrogen-bond donors (Lipinski definition) is 2. The van der Waals surface area contributed by atoms with Crippen LogP contribution in [0.5, 0.6) is 0 Å². The maximum atomic E-state index is 13.2. The van der Waals surface area contributed by atoms with Crippen molar-refractivity contribution in [2.75, 3.05) is 32.5 Å². The predicted octanol–water partition coefficient (Wildman–Crippen LogP) is 4.50. The third-order valence-electron chi connectivity index (χ3n) is 6.55. The summed E-state index contributed by atoms with van der Waals surface area (Å²) in [5, 5.41) is 4.16. The minimum absolute atomic E-state index is 0.0157. The van der Waals surface area contributed by atoms with Crippen molar-refractivity contribution >= 4 is 39.3 Å². The number of carbonyl (C=O) groups excluding carboxylic acids is 2. The average Bonchev–Trinajstić information content (AvgIpc) is 3.39. The third kappa shape index (κ3) is 3.88. The van der Waals surface area contributed by atoms with Gasteiger partial charge in [-0.3, -0.25) is 4.79 Å². The lowest BCUT2D eigenvalue weighted by Gasteiger charge is -2.33. The fourth-order valence-corrected chi connectivity index (χ4v) is 6.10. The number of urea groups is 1. The number of hydrogen-bond acceptors (Lipinski definition) is 4. The standard InChI is InChI=1S/C24H29N5O2S/c1-28(2)24(31)29-13-11-15(12-14-29)22(30)27-23-20(16-7-3-6-10-19(16)32-23)21-25-17-8-4-5-9-18(17)26-21/h4-5,8-9,15H,3,6-7,10-14H2,1-2H3,(H,25,26)(H,27,30). The molecule has 2 aliphatic rings. The first-order valence-electron chi connectivity index (χ1n) is 11.4. The zero-order valence-corrected chi connectivity index (χ0v) is 19.4. The molecule has 3 heterocycles. The van der Waals surface area contributed by atoms with Gasteiger partial charge in [0.15, 0.2) is 0 Å². The maximum Gasteiger partial charge on any atom is 0.319 e. The van der Waals surface area contributed by atoms with Crippen molar-refractivity contribution in [3.05, 3.63) is 34.7 Å². The molecule has 5 rings (SSSR count). The Morgan fingerprint density at radius 1 is 1.16 bits per heavy atom. The molecule has 3 amide bonds. The lowest BCUT2D eigenvalue weighted by atomic mass is 9.94. The van der Waals surface area contributed by atoms with Gasteiger partial charge in [0.2, 0.25) is 5.91 Å². The summed E-state index contributed by atoms with van der Waals surface area (Å²) in [6.45, 7) is 1.24. The number of para-hydroxylation sites is 2. The molecule has 2 N–H and O–H groups in total. The number of aromatic nitrogens is 2. The Bertz CT molecular complexity index is 1120. The van der Waals surface area contributed by atoms with Gasteiger partial charge in [0.1, 0.15) is 10.8 Å². The Labute approximate surface area is 191 Å². The second kappa shape index (κ2) is 8.58. The van der Waals surface area contributed by atoms with Gasteiger partial charge < -0.3 is 20.1 Å². The smallest absolute Gasteiger partial charge is 0.319 e. The van der Waals surface area contributed by atoms with E-state index in [9.17, 15) is 9.59 Å². The minimum atomic E-state index is -0.0798. The molecule has 0 bridgehead atoms. The summed E-state index contributed by atoms with van der Waals surface area (Å²) in [5.41, 5.74) is 4.35. The first kappa shape index (κ1) is 21.0. The summed E-state index contributed by atoms with van der Waals surface area (Å²) in [5.74, 6) is 0.814. The number of anilines is 1. The number of benzene rings is 1. The number of thiophene rings is 1. The Balaban J connectivity index is 1.39. The van der Waals surface area contributed by atoms with Crippen LogP contribution in [0.25, 0.3) is 22.4 Å². The number of aryl methyl sites for hydroxylation is 1. The molecule has 0 atom stereocenters. The minimum Gasteiger partial charge on any atom is -0.338 e. The SMILES string of the molecule is CN(C)C(=O)N1CCC(C(=O)Nc2sc3c(c2-c2nc4ccccc4[nH]2)CCCC3)CC1. The van der Waals surface area contributed by atoms with Gasteiger partial charge in [-0.25, -0.2) is 9.78 Å². The van der Waals surface area contributed by atoms with E-state index in [-0.39, 0.29) is 17.9 Å². The second-order valence-electron chi connectivity index (χ2n) is 8.95. The molecule has 32 heavy (non-hydrogen) atoms. The summed E-state index contributed by atoms with van der Waals surface area (Å²) < 4.78 is 0. The molecular formula is C24H29N5O2S. The van der Waals surface area contributed by atoms with E-state index in [1.54, 1.807) is 30.3 Å². The Morgan fingerprint density at radius 2 is 1.91 bits per heavy atom. The monoisotopic (exact) mass is 451 g/mol. The van der Waals surface area contributed by atoms with Crippen LogP contribution >= 0.6 is 11.3 Å². The second-order valence-corrected chi connectivity index (χ2v) is 10.1. The van der Waals surface area contributed by atoms with Crippen molar-refractivity contribution in [3.8, 4) is 11.4 Å². The molecule has 0 spiro atoms. The van der Waals surface area contributed by atoms with Gasteiger partial charge in [-0.2, -0.15) is 0 Å². The Morgan fingerprint density at radius 3 is 2.66 bits per heavy atom. The summed E-state index contributed by atoms with van der Waals surface area (Å²) in [4.78, 5) is 38.5. The molecule has 0 radical (unpaired) electrons. The first-order chi connectivity index (χ1) is 15.5. The van der Waals surface area contributed by atoms with E-state index in [1.165, 1.54) is 23.3 Å². The lowest BCUT2D eigenvalue weighted by molar-refractivity contribution is -0.121. The number of likely N-dealkylation sites (tertiary alicyclic amines) is 1. The van der Waals surface area contributed by atoms with Crippen LogP contribution in [0.3, 0.4) is 0 Å². The van der Waals surface area contributed by atoms with Crippen molar-refractivity contribution in [2.24, 2.45) is 5.92 Å². The van der Waals surface area contributed by atoms with Crippen LogP contribution in [0.4, 0.5) is 9.80 Å². The van der Waals surface area contributed by atoms with Crippen molar-refractivity contribution in [2.45, 2.75) is 38.5 Å². The fourth-order valence-electron chi connectivity index (χ4n) is 4.81. The number of fused-ring (bicyclic) bond motifs is 2. The lowest BCUT2D eigenvalue weighted by Crippen LogP contribution is -2.45. The largest absolute Gasteiger partial charge is 0.338 e. The average molecular weight is 452 g/mol. The summed E-state index contributed by atoms with van der Waals surface area (Å²) in [6.07, 6.45) is 5.84.